The molecule has 0 aliphatic heterocycles. The van der Waals surface area contributed by atoms with E-state index in [2.05, 4.69) is 15.0 Å². The van der Waals surface area contributed by atoms with Crippen molar-refractivity contribution >= 4 is 21.6 Å². The third kappa shape index (κ3) is 6.07. The Hall–Kier alpha value is -3.40. The Morgan fingerprint density at radius 3 is 2.38 bits per heavy atom. The average molecular weight is 463 g/mol. The number of benzene rings is 2. The average Bonchev–Trinajstić information content (AvgIpc) is 2.75. The summed E-state index contributed by atoms with van der Waals surface area (Å²) in [7, 11) is -4.21. The van der Waals surface area contributed by atoms with E-state index in [0.29, 0.717) is 11.6 Å². The SMILES string of the molecule is C[C@@H](NC(=O)Cc1ccc(NS(=O)(=O)c2cccc(C(F)(F)F)c2)cc1)c1ccccn1. The first-order valence-corrected chi connectivity index (χ1v) is 11.0. The maximum atomic E-state index is 12.9. The van der Waals surface area contributed by atoms with Crippen LogP contribution in [0.2, 0.25) is 0 Å². The van der Waals surface area contributed by atoms with Gasteiger partial charge in [-0.05, 0) is 55.0 Å². The number of nitrogens with zero attached hydrogens (tertiary/aromatic N) is 1. The summed E-state index contributed by atoms with van der Waals surface area (Å²) in [6, 6.07) is 14.6. The molecule has 0 bridgehead atoms. The predicted octanol–water partition coefficient (Wildman–Crippen LogP) is 4.32. The van der Waals surface area contributed by atoms with E-state index in [1.807, 2.05) is 13.0 Å². The van der Waals surface area contributed by atoms with Crippen molar-refractivity contribution < 1.29 is 26.4 Å². The highest BCUT2D eigenvalue weighted by Crippen LogP contribution is 2.30. The van der Waals surface area contributed by atoms with Crippen molar-refractivity contribution in [2.24, 2.45) is 0 Å². The number of pyridine rings is 1. The highest BCUT2D eigenvalue weighted by Gasteiger charge is 2.31. The molecule has 0 spiro atoms. The summed E-state index contributed by atoms with van der Waals surface area (Å²) in [5.41, 5.74) is 0.466. The molecule has 0 aliphatic rings. The molecule has 0 fully saturated rings. The number of alkyl halides is 3. The van der Waals surface area contributed by atoms with E-state index in [4.69, 9.17) is 0 Å². The van der Waals surface area contributed by atoms with E-state index in [1.54, 1.807) is 30.5 Å². The van der Waals surface area contributed by atoms with Gasteiger partial charge in [0.15, 0.2) is 0 Å². The van der Waals surface area contributed by atoms with Gasteiger partial charge >= 0.3 is 6.18 Å². The van der Waals surface area contributed by atoms with Crippen molar-refractivity contribution in [3.8, 4) is 0 Å². The summed E-state index contributed by atoms with van der Waals surface area (Å²) in [5.74, 6) is -0.236. The standard InChI is InChI=1S/C22H20F3N3O3S/c1-15(20-7-2-3-12-26-20)27-21(29)13-16-8-10-18(11-9-16)28-32(30,31)19-6-4-5-17(14-19)22(23,24)25/h2-12,14-15,28H,13H2,1H3,(H,27,29)/t15-/m1/s1. The monoisotopic (exact) mass is 463 g/mol. The number of sulfonamides is 1. The van der Waals surface area contributed by atoms with E-state index < -0.39 is 26.7 Å². The van der Waals surface area contributed by atoms with Gasteiger partial charge in [0.2, 0.25) is 5.91 Å². The molecule has 0 saturated carbocycles. The normalized spacial score (nSPS) is 12.8. The van der Waals surface area contributed by atoms with Gasteiger partial charge in [-0.25, -0.2) is 8.42 Å². The van der Waals surface area contributed by atoms with Gasteiger partial charge in [-0.3, -0.25) is 14.5 Å². The quantitative estimate of drug-likeness (QED) is 0.546. The molecule has 1 amide bonds. The molecule has 32 heavy (non-hydrogen) atoms. The van der Waals surface area contributed by atoms with Crippen LogP contribution >= 0.6 is 0 Å². The first-order chi connectivity index (χ1) is 15.0. The van der Waals surface area contributed by atoms with Crippen LogP contribution in [-0.4, -0.2) is 19.3 Å². The van der Waals surface area contributed by atoms with Gasteiger partial charge in [-0.1, -0.05) is 24.3 Å². The number of hydrogen-bond donors (Lipinski definition) is 2. The van der Waals surface area contributed by atoms with E-state index >= 15 is 0 Å². The first kappa shape index (κ1) is 23.3. The minimum absolute atomic E-state index is 0.0673. The molecule has 2 aromatic carbocycles. The molecule has 1 aromatic heterocycles. The van der Waals surface area contributed by atoms with Gasteiger partial charge in [0.25, 0.3) is 10.0 Å². The van der Waals surface area contributed by atoms with Crippen LogP contribution in [-0.2, 0) is 27.4 Å². The third-order valence-corrected chi connectivity index (χ3v) is 5.93. The second-order valence-corrected chi connectivity index (χ2v) is 8.73. The Labute approximate surface area is 183 Å². The second kappa shape index (κ2) is 9.39. The Bertz CT molecular complexity index is 1180. The summed E-state index contributed by atoms with van der Waals surface area (Å²) < 4.78 is 65.7. The van der Waals surface area contributed by atoms with Crippen LogP contribution in [0.15, 0.2) is 77.8 Å². The van der Waals surface area contributed by atoms with Gasteiger partial charge in [-0.2, -0.15) is 13.2 Å². The van der Waals surface area contributed by atoms with Crippen LogP contribution in [0.1, 0.15) is 29.8 Å². The van der Waals surface area contributed by atoms with E-state index in [1.165, 1.54) is 12.1 Å². The first-order valence-electron chi connectivity index (χ1n) is 9.54. The van der Waals surface area contributed by atoms with E-state index in [9.17, 15) is 26.4 Å². The van der Waals surface area contributed by atoms with Gasteiger partial charge in [0.1, 0.15) is 0 Å². The van der Waals surface area contributed by atoms with Crippen LogP contribution < -0.4 is 10.0 Å². The molecule has 3 rings (SSSR count). The topological polar surface area (TPSA) is 88.2 Å². The molecule has 2 N–H and O–H groups in total. The molecule has 0 aliphatic carbocycles. The maximum Gasteiger partial charge on any atom is 0.416 e. The zero-order valence-corrected chi connectivity index (χ0v) is 17.7. The number of nitrogens with one attached hydrogen (secondary N) is 2. The van der Waals surface area contributed by atoms with Crippen molar-refractivity contribution in [2.75, 3.05) is 4.72 Å². The number of hydrogen-bond acceptors (Lipinski definition) is 4. The number of carbonyl (C=O) groups excluding carboxylic acids is 1. The van der Waals surface area contributed by atoms with Crippen molar-refractivity contribution in [1.82, 2.24) is 10.3 Å². The number of amides is 1. The van der Waals surface area contributed by atoms with Crippen LogP contribution in [0.25, 0.3) is 0 Å². The molecule has 3 aromatic rings. The van der Waals surface area contributed by atoms with E-state index in [0.717, 1.165) is 23.9 Å². The number of rotatable bonds is 7. The number of anilines is 1. The lowest BCUT2D eigenvalue weighted by atomic mass is 10.1. The summed E-state index contributed by atoms with van der Waals surface area (Å²) in [6.45, 7) is 1.81. The van der Waals surface area contributed by atoms with Crippen molar-refractivity contribution in [2.45, 2.75) is 30.5 Å². The molecule has 0 saturated heterocycles. The minimum atomic E-state index is -4.65. The summed E-state index contributed by atoms with van der Waals surface area (Å²) in [6.07, 6.45) is -2.95. The Morgan fingerprint density at radius 1 is 1.03 bits per heavy atom. The molecular weight excluding hydrogens is 443 g/mol. The Balaban J connectivity index is 1.63. The van der Waals surface area contributed by atoms with Crippen LogP contribution in [0, 0.1) is 0 Å². The zero-order valence-electron chi connectivity index (χ0n) is 16.9. The minimum Gasteiger partial charge on any atom is -0.348 e. The van der Waals surface area contributed by atoms with Gasteiger partial charge in [0.05, 0.1) is 28.6 Å². The molecule has 0 unspecified atom stereocenters. The zero-order chi connectivity index (χ0) is 23.4. The molecule has 1 heterocycles. The Kier molecular flexibility index (Phi) is 6.83. The molecule has 168 valence electrons. The molecule has 6 nitrogen and oxygen atoms in total. The molecule has 10 heteroatoms. The number of carbonyl (C=O) groups is 1. The fourth-order valence-electron chi connectivity index (χ4n) is 2.93. The van der Waals surface area contributed by atoms with Crippen LogP contribution in [0.3, 0.4) is 0 Å². The van der Waals surface area contributed by atoms with Gasteiger partial charge < -0.3 is 5.32 Å². The predicted molar refractivity (Wildman–Crippen MR) is 113 cm³/mol. The van der Waals surface area contributed by atoms with Crippen LogP contribution in [0.4, 0.5) is 18.9 Å². The molecular formula is C22H20F3N3O3S. The smallest absolute Gasteiger partial charge is 0.348 e. The maximum absolute atomic E-state index is 12.9. The second-order valence-electron chi connectivity index (χ2n) is 7.05. The fraction of sp³-hybridized carbons (Fsp3) is 0.182. The highest BCUT2D eigenvalue weighted by molar-refractivity contribution is 7.92. The van der Waals surface area contributed by atoms with Crippen LogP contribution in [0.5, 0.6) is 0 Å². The van der Waals surface area contributed by atoms with Gasteiger partial charge in [0, 0.05) is 11.9 Å². The third-order valence-electron chi connectivity index (χ3n) is 4.55. The van der Waals surface area contributed by atoms with Crippen molar-refractivity contribution in [3.63, 3.8) is 0 Å². The Morgan fingerprint density at radius 2 is 1.75 bits per heavy atom. The number of halogens is 3. The lowest BCUT2D eigenvalue weighted by Crippen LogP contribution is -2.28. The van der Waals surface area contributed by atoms with E-state index in [-0.39, 0.29) is 24.1 Å². The largest absolute Gasteiger partial charge is 0.416 e. The lowest BCUT2D eigenvalue weighted by molar-refractivity contribution is -0.137. The lowest BCUT2D eigenvalue weighted by Gasteiger charge is -2.14. The number of aromatic nitrogens is 1. The van der Waals surface area contributed by atoms with Gasteiger partial charge in [-0.15, -0.1) is 0 Å². The molecule has 1 atom stereocenters. The molecule has 0 radical (unpaired) electrons. The van der Waals surface area contributed by atoms with Crippen molar-refractivity contribution in [1.29, 1.82) is 0 Å². The summed E-state index contributed by atoms with van der Waals surface area (Å²) >= 11 is 0. The highest BCUT2D eigenvalue weighted by atomic mass is 32.2. The summed E-state index contributed by atoms with van der Waals surface area (Å²) in [5, 5.41) is 2.83. The van der Waals surface area contributed by atoms with Crippen molar-refractivity contribution in [3.05, 3.63) is 89.7 Å². The fourth-order valence-corrected chi connectivity index (χ4v) is 4.03. The summed E-state index contributed by atoms with van der Waals surface area (Å²) in [4.78, 5) is 16.0.